The van der Waals surface area contributed by atoms with Gasteiger partial charge in [-0.25, -0.2) is 0 Å². The van der Waals surface area contributed by atoms with E-state index in [0.29, 0.717) is 6.61 Å². The van der Waals surface area contributed by atoms with Gasteiger partial charge in [-0.15, -0.1) is 0 Å². The minimum absolute atomic E-state index is 0.0174. The van der Waals surface area contributed by atoms with Crippen molar-refractivity contribution in [2.75, 3.05) is 13.2 Å². The van der Waals surface area contributed by atoms with Crippen molar-refractivity contribution in [3.63, 3.8) is 0 Å². The molecular weight excluding hydrogens is 122 g/mol. The molecule has 0 heterocycles. The summed E-state index contributed by atoms with van der Waals surface area (Å²) in [6.45, 7) is 5.44. The summed E-state index contributed by atoms with van der Waals surface area (Å²) in [5.41, 5.74) is -0.100. The molecule has 0 saturated heterocycles. The molecule has 0 unspecified atom stereocenters. The number of nitrogens with zero attached hydrogens (tertiary/aromatic N) is 1. The monoisotopic (exact) mass is 131 g/mol. The fourth-order valence-electron chi connectivity index (χ4n) is 0.273. The molecule has 0 aliphatic carbocycles. The van der Waals surface area contributed by atoms with Gasteiger partial charge in [0.15, 0.2) is 0 Å². The highest BCUT2D eigenvalue weighted by Crippen LogP contribution is 1.90. The van der Waals surface area contributed by atoms with Crippen molar-refractivity contribution in [1.29, 1.82) is 0 Å². The lowest BCUT2D eigenvalue weighted by Crippen LogP contribution is -2.04. The quantitative estimate of drug-likeness (QED) is 0.419. The molecule has 0 bridgehead atoms. The Bertz CT molecular complexity index is 121. The zero-order valence-electron chi connectivity index (χ0n) is 5.29. The Morgan fingerprint density at radius 2 is 2.44 bits per heavy atom. The van der Waals surface area contributed by atoms with Crippen LogP contribution in [0.4, 0.5) is 0 Å². The Morgan fingerprint density at radius 3 is 2.78 bits per heavy atom. The highest BCUT2D eigenvalue weighted by Gasteiger charge is 2.03. The Balaban J connectivity index is 3.39. The van der Waals surface area contributed by atoms with E-state index in [1.165, 1.54) is 0 Å². The molecule has 0 amide bonds. The normalized spacial score (nSPS) is 9.00. The summed E-state index contributed by atoms with van der Waals surface area (Å²) < 4.78 is 4.72. The van der Waals surface area contributed by atoms with E-state index in [1.807, 2.05) is 0 Å². The van der Waals surface area contributed by atoms with Crippen molar-refractivity contribution in [3.8, 4) is 0 Å². The van der Waals surface area contributed by atoms with Gasteiger partial charge in [0.1, 0.15) is 6.61 Å². The van der Waals surface area contributed by atoms with Crippen LogP contribution in [-0.2, 0) is 4.74 Å². The molecule has 0 aromatic heterocycles. The Kier molecular flexibility index (Phi) is 3.62. The zero-order chi connectivity index (χ0) is 7.28. The summed E-state index contributed by atoms with van der Waals surface area (Å²) in [4.78, 5) is 9.29. The molecule has 0 aliphatic rings. The standard InChI is InChI=1S/C5H9NO3/c1-3-9-4-5(2)6(7)8/h2-4H2,1H3. The van der Waals surface area contributed by atoms with Gasteiger partial charge in [0.25, 0.3) is 5.70 Å². The van der Waals surface area contributed by atoms with E-state index in [-0.39, 0.29) is 12.3 Å². The lowest BCUT2D eigenvalue weighted by atomic mass is 10.5. The van der Waals surface area contributed by atoms with Gasteiger partial charge in [0.05, 0.1) is 4.92 Å². The van der Waals surface area contributed by atoms with Crippen molar-refractivity contribution in [3.05, 3.63) is 22.4 Å². The largest absolute Gasteiger partial charge is 0.371 e. The van der Waals surface area contributed by atoms with Crippen molar-refractivity contribution < 1.29 is 9.66 Å². The first-order valence-corrected chi connectivity index (χ1v) is 2.58. The Hall–Kier alpha value is -0.900. The summed E-state index contributed by atoms with van der Waals surface area (Å²) in [7, 11) is 0. The molecule has 9 heavy (non-hydrogen) atoms. The van der Waals surface area contributed by atoms with Gasteiger partial charge < -0.3 is 4.74 Å². The van der Waals surface area contributed by atoms with Gasteiger partial charge in [0.2, 0.25) is 0 Å². The summed E-state index contributed by atoms with van der Waals surface area (Å²) in [5.74, 6) is 0. The molecule has 4 nitrogen and oxygen atoms in total. The molecule has 0 aromatic rings. The number of hydrogen-bond donors (Lipinski definition) is 0. The Labute approximate surface area is 53.3 Å². The van der Waals surface area contributed by atoms with E-state index >= 15 is 0 Å². The molecule has 0 rings (SSSR count). The minimum atomic E-state index is -0.546. The van der Waals surface area contributed by atoms with Crippen LogP contribution >= 0.6 is 0 Å². The summed E-state index contributed by atoms with van der Waals surface area (Å²) in [6.07, 6.45) is 0. The SMILES string of the molecule is C=C(COCC)[N+](=O)[O-]. The molecule has 0 aromatic carbocycles. The second-order valence-corrected chi connectivity index (χ2v) is 1.46. The van der Waals surface area contributed by atoms with Crippen molar-refractivity contribution in [2.45, 2.75) is 6.92 Å². The molecule has 0 atom stereocenters. The number of hydrogen-bond acceptors (Lipinski definition) is 3. The van der Waals surface area contributed by atoms with Crippen LogP contribution in [0.5, 0.6) is 0 Å². The van der Waals surface area contributed by atoms with Gasteiger partial charge in [-0.1, -0.05) is 0 Å². The zero-order valence-corrected chi connectivity index (χ0v) is 5.29. The topological polar surface area (TPSA) is 52.4 Å². The lowest BCUT2D eigenvalue weighted by Gasteiger charge is -1.94. The van der Waals surface area contributed by atoms with Crippen molar-refractivity contribution >= 4 is 0 Å². The average molecular weight is 131 g/mol. The summed E-state index contributed by atoms with van der Waals surface area (Å²) in [6, 6.07) is 0. The molecule has 52 valence electrons. The smallest absolute Gasteiger partial charge is 0.264 e. The maximum atomic E-state index is 9.83. The minimum Gasteiger partial charge on any atom is -0.371 e. The van der Waals surface area contributed by atoms with Gasteiger partial charge in [-0.05, 0) is 13.5 Å². The second kappa shape index (κ2) is 4.03. The van der Waals surface area contributed by atoms with E-state index in [4.69, 9.17) is 4.74 Å². The lowest BCUT2D eigenvalue weighted by molar-refractivity contribution is -0.430. The van der Waals surface area contributed by atoms with Crippen LogP contribution in [0.15, 0.2) is 12.3 Å². The molecular formula is C5H9NO3. The second-order valence-electron chi connectivity index (χ2n) is 1.46. The third-order valence-corrected chi connectivity index (χ3v) is 0.731. The number of rotatable bonds is 4. The Morgan fingerprint density at radius 1 is 1.89 bits per heavy atom. The van der Waals surface area contributed by atoms with Gasteiger partial charge >= 0.3 is 0 Å². The van der Waals surface area contributed by atoms with Crippen LogP contribution in [0.25, 0.3) is 0 Å². The van der Waals surface area contributed by atoms with E-state index in [9.17, 15) is 10.1 Å². The van der Waals surface area contributed by atoms with Crippen LogP contribution in [0.2, 0.25) is 0 Å². The highest BCUT2D eigenvalue weighted by molar-refractivity contribution is 4.79. The summed E-state index contributed by atoms with van der Waals surface area (Å²) >= 11 is 0. The summed E-state index contributed by atoms with van der Waals surface area (Å²) in [5, 5.41) is 9.83. The third kappa shape index (κ3) is 3.66. The van der Waals surface area contributed by atoms with E-state index < -0.39 is 4.92 Å². The maximum absolute atomic E-state index is 9.83. The molecule has 0 radical (unpaired) electrons. The van der Waals surface area contributed by atoms with E-state index in [0.717, 1.165) is 0 Å². The molecule has 0 aliphatic heterocycles. The molecule has 0 spiro atoms. The van der Waals surface area contributed by atoms with Crippen LogP contribution in [0.3, 0.4) is 0 Å². The molecule has 0 saturated carbocycles. The van der Waals surface area contributed by atoms with Crippen molar-refractivity contribution in [2.24, 2.45) is 0 Å². The molecule has 0 N–H and O–H groups in total. The first-order chi connectivity index (χ1) is 4.18. The average Bonchev–Trinajstić information content (AvgIpc) is 1.82. The highest BCUT2D eigenvalue weighted by atomic mass is 16.6. The van der Waals surface area contributed by atoms with Gasteiger partial charge in [0, 0.05) is 6.61 Å². The fourth-order valence-corrected chi connectivity index (χ4v) is 0.273. The van der Waals surface area contributed by atoms with Crippen LogP contribution < -0.4 is 0 Å². The number of nitro groups is 1. The molecule has 4 heteroatoms. The third-order valence-electron chi connectivity index (χ3n) is 0.731. The van der Waals surface area contributed by atoms with Crippen molar-refractivity contribution in [1.82, 2.24) is 0 Å². The van der Waals surface area contributed by atoms with Crippen LogP contribution in [0.1, 0.15) is 6.92 Å². The number of ether oxygens (including phenoxy) is 1. The van der Waals surface area contributed by atoms with Crippen LogP contribution in [0, 0.1) is 10.1 Å². The van der Waals surface area contributed by atoms with Gasteiger partial charge in [-0.2, -0.15) is 0 Å². The first kappa shape index (κ1) is 8.10. The predicted octanol–water partition coefficient (Wildman–Crippen LogP) is 0.813. The van der Waals surface area contributed by atoms with Gasteiger partial charge in [-0.3, -0.25) is 10.1 Å². The first-order valence-electron chi connectivity index (χ1n) is 2.58. The fraction of sp³-hybridized carbons (Fsp3) is 0.600. The van der Waals surface area contributed by atoms with Crippen LogP contribution in [-0.4, -0.2) is 18.1 Å². The molecule has 0 fully saturated rings. The predicted molar refractivity (Wildman–Crippen MR) is 32.6 cm³/mol. The maximum Gasteiger partial charge on any atom is 0.264 e. The van der Waals surface area contributed by atoms with E-state index in [2.05, 4.69) is 6.58 Å². The van der Waals surface area contributed by atoms with E-state index in [1.54, 1.807) is 6.92 Å².